The summed E-state index contributed by atoms with van der Waals surface area (Å²) in [7, 11) is 0. The van der Waals surface area contributed by atoms with Crippen LogP contribution in [0.4, 0.5) is 0 Å². The summed E-state index contributed by atoms with van der Waals surface area (Å²) in [5, 5.41) is 0. The molecule has 0 atom stereocenters. The molecule has 1 aliphatic carbocycles. The molecule has 0 saturated heterocycles. The van der Waals surface area contributed by atoms with E-state index in [0.29, 0.717) is 11.6 Å². The lowest BCUT2D eigenvalue weighted by Gasteiger charge is -2.03. The molecule has 2 nitrogen and oxygen atoms in total. The molecule has 13 heavy (non-hydrogen) atoms. The SMILES string of the molecule is CC(=O)c1ccc(C2CC2)c(C)n1. The topological polar surface area (TPSA) is 30.0 Å². The van der Waals surface area contributed by atoms with Crippen molar-refractivity contribution in [1.29, 1.82) is 0 Å². The van der Waals surface area contributed by atoms with Gasteiger partial charge in [0.2, 0.25) is 0 Å². The number of carbonyl (C=O) groups excluding carboxylic acids is 1. The molecule has 1 aliphatic rings. The first-order valence-electron chi connectivity index (χ1n) is 4.67. The lowest BCUT2D eigenvalue weighted by Crippen LogP contribution is -2.00. The van der Waals surface area contributed by atoms with E-state index in [1.54, 1.807) is 6.92 Å². The second-order valence-electron chi connectivity index (χ2n) is 3.70. The van der Waals surface area contributed by atoms with E-state index in [9.17, 15) is 4.79 Å². The second kappa shape index (κ2) is 2.95. The van der Waals surface area contributed by atoms with Crippen LogP contribution in [0.3, 0.4) is 0 Å². The van der Waals surface area contributed by atoms with Gasteiger partial charge in [-0.25, -0.2) is 4.98 Å². The average molecular weight is 175 g/mol. The van der Waals surface area contributed by atoms with Gasteiger partial charge in [0, 0.05) is 12.6 Å². The molecule has 0 radical (unpaired) electrons. The van der Waals surface area contributed by atoms with Crippen molar-refractivity contribution in [2.75, 3.05) is 0 Å². The average Bonchev–Trinajstić information content (AvgIpc) is 2.87. The molecule has 0 spiro atoms. The van der Waals surface area contributed by atoms with Crippen molar-refractivity contribution < 1.29 is 4.79 Å². The predicted octanol–water partition coefficient (Wildman–Crippen LogP) is 2.47. The molecule has 0 bridgehead atoms. The van der Waals surface area contributed by atoms with Gasteiger partial charge in [0.25, 0.3) is 0 Å². The Balaban J connectivity index is 2.36. The standard InChI is InChI=1S/C11H13NO/c1-7-10(9-3-4-9)5-6-11(12-7)8(2)13/h5-6,9H,3-4H2,1-2H3. The van der Waals surface area contributed by atoms with E-state index in [1.165, 1.54) is 18.4 Å². The Kier molecular flexibility index (Phi) is 1.91. The zero-order chi connectivity index (χ0) is 9.42. The van der Waals surface area contributed by atoms with E-state index in [2.05, 4.69) is 11.1 Å². The zero-order valence-electron chi connectivity index (χ0n) is 8.00. The van der Waals surface area contributed by atoms with Crippen molar-refractivity contribution in [2.45, 2.75) is 32.6 Å². The Bertz CT molecular complexity index is 353. The first-order valence-corrected chi connectivity index (χ1v) is 4.67. The lowest BCUT2D eigenvalue weighted by atomic mass is 10.1. The molecule has 1 aromatic heterocycles. The van der Waals surface area contributed by atoms with Gasteiger partial charge < -0.3 is 0 Å². The van der Waals surface area contributed by atoms with Gasteiger partial charge in [0.15, 0.2) is 5.78 Å². The van der Waals surface area contributed by atoms with Crippen LogP contribution >= 0.6 is 0 Å². The van der Waals surface area contributed by atoms with Gasteiger partial charge in [0.1, 0.15) is 5.69 Å². The molecular weight excluding hydrogens is 162 g/mol. The highest BCUT2D eigenvalue weighted by atomic mass is 16.1. The summed E-state index contributed by atoms with van der Waals surface area (Å²) in [5.41, 5.74) is 2.93. The van der Waals surface area contributed by atoms with Gasteiger partial charge in [0.05, 0.1) is 0 Å². The summed E-state index contributed by atoms with van der Waals surface area (Å²) in [4.78, 5) is 15.3. The maximum atomic E-state index is 11.0. The van der Waals surface area contributed by atoms with Gasteiger partial charge in [-0.1, -0.05) is 6.07 Å². The van der Waals surface area contributed by atoms with Crippen LogP contribution in [0.25, 0.3) is 0 Å². The van der Waals surface area contributed by atoms with Crippen LogP contribution in [0, 0.1) is 6.92 Å². The highest BCUT2D eigenvalue weighted by Crippen LogP contribution is 2.41. The van der Waals surface area contributed by atoms with Crippen LogP contribution in [0.1, 0.15) is 47.4 Å². The van der Waals surface area contributed by atoms with E-state index >= 15 is 0 Å². The fourth-order valence-electron chi connectivity index (χ4n) is 1.59. The minimum atomic E-state index is 0.0467. The number of carbonyl (C=O) groups is 1. The third-order valence-corrected chi connectivity index (χ3v) is 2.50. The molecule has 0 N–H and O–H groups in total. The van der Waals surface area contributed by atoms with Crippen molar-refractivity contribution >= 4 is 5.78 Å². The van der Waals surface area contributed by atoms with Crippen LogP contribution in [-0.2, 0) is 0 Å². The molecule has 1 saturated carbocycles. The van der Waals surface area contributed by atoms with E-state index in [1.807, 2.05) is 13.0 Å². The second-order valence-corrected chi connectivity index (χ2v) is 3.70. The summed E-state index contributed by atoms with van der Waals surface area (Å²) < 4.78 is 0. The number of pyridine rings is 1. The van der Waals surface area contributed by atoms with Crippen LogP contribution in [-0.4, -0.2) is 10.8 Å². The number of hydrogen-bond acceptors (Lipinski definition) is 2. The summed E-state index contributed by atoms with van der Waals surface area (Å²) >= 11 is 0. The predicted molar refractivity (Wildman–Crippen MR) is 51.0 cm³/mol. The van der Waals surface area contributed by atoms with Gasteiger partial charge in [-0.2, -0.15) is 0 Å². The normalized spacial score (nSPS) is 15.8. The Labute approximate surface area is 78.0 Å². The van der Waals surface area contributed by atoms with E-state index < -0.39 is 0 Å². The van der Waals surface area contributed by atoms with E-state index in [4.69, 9.17) is 0 Å². The van der Waals surface area contributed by atoms with Crippen LogP contribution in [0.2, 0.25) is 0 Å². The third-order valence-electron chi connectivity index (χ3n) is 2.50. The van der Waals surface area contributed by atoms with Gasteiger partial charge in [-0.15, -0.1) is 0 Å². The third kappa shape index (κ3) is 1.62. The Morgan fingerprint density at radius 2 is 2.15 bits per heavy atom. The molecule has 0 aliphatic heterocycles. The Morgan fingerprint density at radius 1 is 1.46 bits per heavy atom. The zero-order valence-corrected chi connectivity index (χ0v) is 8.00. The first kappa shape index (κ1) is 8.42. The maximum Gasteiger partial charge on any atom is 0.178 e. The van der Waals surface area contributed by atoms with Crippen molar-refractivity contribution in [3.05, 3.63) is 29.1 Å². The molecule has 2 rings (SSSR count). The summed E-state index contributed by atoms with van der Waals surface area (Å²) in [6.45, 7) is 3.54. The Hall–Kier alpha value is -1.18. The molecule has 0 unspecified atom stereocenters. The number of aromatic nitrogens is 1. The molecule has 0 aromatic carbocycles. The van der Waals surface area contributed by atoms with Crippen LogP contribution in [0.5, 0.6) is 0 Å². The van der Waals surface area contributed by atoms with E-state index in [-0.39, 0.29) is 5.78 Å². The van der Waals surface area contributed by atoms with Crippen molar-refractivity contribution in [3.63, 3.8) is 0 Å². The number of hydrogen-bond donors (Lipinski definition) is 0. The molecule has 2 heteroatoms. The van der Waals surface area contributed by atoms with Crippen molar-refractivity contribution in [2.24, 2.45) is 0 Å². The number of rotatable bonds is 2. The minimum absolute atomic E-state index is 0.0467. The molecular formula is C11H13NO. The fraction of sp³-hybridized carbons (Fsp3) is 0.455. The molecule has 1 aromatic rings. The summed E-state index contributed by atoms with van der Waals surface area (Å²) in [6.07, 6.45) is 2.56. The number of Topliss-reactive ketones (excluding diaryl/α,β-unsaturated/α-hetero) is 1. The minimum Gasteiger partial charge on any atom is -0.293 e. The summed E-state index contributed by atoms with van der Waals surface area (Å²) in [5.74, 6) is 0.763. The van der Waals surface area contributed by atoms with E-state index in [0.717, 1.165) is 5.69 Å². The van der Waals surface area contributed by atoms with Crippen molar-refractivity contribution in [1.82, 2.24) is 4.98 Å². The lowest BCUT2D eigenvalue weighted by molar-refractivity contribution is 0.101. The Morgan fingerprint density at radius 3 is 2.62 bits per heavy atom. The molecule has 1 heterocycles. The maximum absolute atomic E-state index is 11.0. The molecule has 1 fully saturated rings. The van der Waals surface area contributed by atoms with Crippen LogP contribution in [0.15, 0.2) is 12.1 Å². The number of ketones is 1. The molecule has 68 valence electrons. The van der Waals surface area contributed by atoms with Gasteiger partial charge in [-0.3, -0.25) is 4.79 Å². The quantitative estimate of drug-likeness (QED) is 0.646. The number of nitrogens with zero attached hydrogens (tertiary/aromatic N) is 1. The highest BCUT2D eigenvalue weighted by Gasteiger charge is 2.25. The smallest absolute Gasteiger partial charge is 0.178 e. The van der Waals surface area contributed by atoms with Gasteiger partial charge >= 0.3 is 0 Å². The molecule has 0 amide bonds. The summed E-state index contributed by atoms with van der Waals surface area (Å²) in [6, 6.07) is 3.89. The largest absolute Gasteiger partial charge is 0.293 e. The van der Waals surface area contributed by atoms with Gasteiger partial charge in [-0.05, 0) is 37.3 Å². The highest BCUT2D eigenvalue weighted by molar-refractivity contribution is 5.92. The monoisotopic (exact) mass is 175 g/mol. The number of aryl methyl sites for hydroxylation is 1. The first-order chi connectivity index (χ1) is 6.18. The van der Waals surface area contributed by atoms with Crippen molar-refractivity contribution in [3.8, 4) is 0 Å². The fourth-order valence-corrected chi connectivity index (χ4v) is 1.59. The van der Waals surface area contributed by atoms with Crippen LogP contribution < -0.4 is 0 Å².